The van der Waals surface area contributed by atoms with E-state index in [1.54, 1.807) is 11.8 Å². The number of likely N-dealkylation sites (tertiary alicyclic amines) is 1. The molecule has 0 spiro atoms. The highest BCUT2D eigenvalue weighted by Gasteiger charge is 2.38. The van der Waals surface area contributed by atoms with Crippen molar-refractivity contribution in [3.63, 3.8) is 0 Å². The number of nitrogens with zero attached hydrogens (tertiary/aromatic N) is 1. The van der Waals surface area contributed by atoms with Crippen molar-refractivity contribution in [2.75, 3.05) is 18.5 Å². The number of rotatable bonds is 7. The average Bonchev–Trinajstić information content (AvgIpc) is 3.28. The summed E-state index contributed by atoms with van der Waals surface area (Å²) in [6, 6.07) is 9.34. The summed E-state index contributed by atoms with van der Waals surface area (Å²) >= 11 is 0. The van der Waals surface area contributed by atoms with Crippen LogP contribution in [0.5, 0.6) is 0 Å². The van der Waals surface area contributed by atoms with Crippen LogP contribution in [-0.4, -0.2) is 41.7 Å². The quantitative estimate of drug-likeness (QED) is 0.652. The van der Waals surface area contributed by atoms with Crippen molar-refractivity contribution < 1.29 is 28.3 Å². The number of primary amides is 1. The number of carbonyl (C=O) groups excluding carboxylic acids is 4. The van der Waals surface area contributed by atoms with Gasteiger partial charge in [0.1, 0.15) is 16.9 Å². The molecular formula is C22H25N3O6. The van der Waals surface area contributed by atoms with E-state index in [0.717, 1.165) is 5.56 Å². The van der Waals surface area contributed by atoms with Crippen LogP contribution in [0.1, 0.15) is 58.3 Å². The van der Waals surface area contributed by atoms with Crippen LogP contribution in [0.3, 0.4) is 0 Å². The lowest BCUT2D eigenvalue weighted by molar-refractivity contribution is -0.129. The van der Waals surface area contributed by atoms with Crippen LogP contribution < -0.4 is 11.1 Å². The molecule has 1 aromatic heterocycles. The van der Waals surface area contributed by atoms with E-state index >= 15 is 0 Å². The first-order valence-electron chi connectivity index (χ1n) is 10.00. The fourth-order valence-electron chi connectivity index (χ4n) is 3.72. The Kier molecular flexibility index (Phi) is 6.43. The topological polar surface area (TPSA) is 132 Å². The Morgan fingerprint density at radius 1 is 1.26 bits per heavy atom. The van der Waals surface area contributed by atoms with E-state index in [2.05, 4.69) is 5.32 Å². The second-order valence-corrected chi connectivity index (χ2v) is 7.35. The molecule has 3 amide bonds. The van der Waals surface area contributed by atoms with Gasteiger partial charge in [0.25, 0.3) is 5.91 Å². The first kappa shape index (κ1) is 22.1. The van der Waals surface area contributed by atoms with E-state index in [1.165, 1.54) is 6.92 Å². The molecule has 0 saturated carbocycles. The van der Waals surface area contributed by atoms with Gasteiger partial charge in [-0.3, -0.25) is 19.7 Å². The molecule has 1 fully saturated rings. The summed E-state index contributed by atoms with van der Waals surface area (Å²) in [7, 11) is 0. The van der Waals surface area contributed by atoms with Gasteiger partial charge in [-0.2, -0.15) is 0 Å². The van der Waals surface area contributed by atoms with Gasteiger partial charge in [0.05, 0.1) is 18.6 Å². The molecule has 1 saturated heterocycles. The van der Waals surface area contributed by atoms with Gasteiger partial charge >= 0.3 is 5.97 Å². The van der Waals surface area contributed by atoms with Crippen LogP contribution in [0.25, 0.3) is 0 Å². The van der Waals surface area contributed by atoms with Crippen molar-refractivity contribution in [3.05, 3.63) is 52.8 Å². The first-order chi connectivity index (χ1) is 14.7. The van der Waals surface area contributed by atoms with Gasteiger partial charge < -0.3 is 19.8 Å². The molecule has 0 bridgehead atoms. The highest BCUT2D eigenvalue weighted by atomic mass is 16.5. The number of furan rings is 1. The Balaban J connectivity index is 1.78. The van der Waals surface area contributed by atoms with Crippen LogP contribution in [0.4, 0.5) is 5.88 Å². The summed E-state index contributed by atoms with van der Waals surface area (Å²) in [4.78, 5) is 51.2. The van der Waals surface area contributed by atoms with Gasteiger partial charge in [0, 0.05) is 13.0 Å². The fraction of sp³-hybridized carbons (Fsp3) is 0.364. The number of hydrogen-bond acceptors (Lipinski definition) is 6. The summed E-state index contributed by atoms with van der Waals surface area (Å²) in [5, 5.41) is 2.52. The zero-order valence-electron chi connectivity index (χ0n) is 17.6. The average molecular weight is 427 g/mol. The molecular weight excluding hydrogens is 402 g/mol. The maximum absolute atomic E-state index is 12.8. The number of carbonyl (C=O) groups is 4. The molecule has 3 N–H and O–H groups in total. The van der Waals surface area contributed by atoms with Crippen molar-refractivity contribution >= 4 is 29.6 Å². The van der Waals surface area contributed by atoms with Crippen molar-refractivity contribution in [1.29, 1.82) is 0 Å². The summed E-state index contributed by atoms with van der Waals surface area (Å²) in [5.41, 5.74) is 6.02. The zero-order chi connectivity index (χ0) is 22.7. The molecule has 0 radical (unpaired) electrons. The fourth-order valence-corrected chi connectivity index (χ4v) is 3.72. The number of anilines is 1. The number of esters is 1. The van der Waals surface area contributed by atoms with Crippen LogP contribution in [0.15, 0.2) is 34.7 Å². The highest BCUT2D eigenvalue weighted by molar-refractivity contribution is 6.11. The molecule has 9 heteroatoms. The third-order valence-electron chi connectivity index (χ3n) is 5.33. The van der Waals surface area contributed by atoms with E-state index in [0.29, 0.717) is 0 Å². The van der Waals surface area contributed by atoms with Gasteiger partial charge in [-0.25, -0.2) is 4.79 Å². The Hall–Kier alpha value is -3.62. The number of aryl methyl sites for hydroxylation is 1. The molecule has 1 aromatic carbocycles. The lowest BCUT2D eigenvalue weighted by Gasteiger charge is -2.25. The van der Waals surface area contributed by atoms with E-state index in [1.807, 2.05) is 37.3 Å². The molecule has 2 unspecified atom stereocenters. The molecule has 2 atom stereocenters. The van der Waals surface area contributed by atoms with Gasteiger partial charge in [0.15, 0.2) is 0 Å². The molecule has 9 nitrogen and oxygen atoms in total. The number of ether oxygens (including phenoxy) is 1. The van der Waals surface area contributed by atoms with E-state index in [4.69, 9.17) is 14.9 Å². The molecule has 0 aliphatic carbocycles. The first-order valence-corrected chi connectivity index (χ1v) is 10.00. The Bertz CT molecular complexity index is 1010. The predicted molar refractivity (Wildman–Crippen MR) is 111 cm³/mol. The molecule has 1 aliphatic heterocycles. The van der Waals surface area contributed by atoms with Crippen LogP contribution in [-0.2, 0) is 14.3 Å². The summed E-state index contributed by atoms with van der Waals surface area (Å²) in [5.74, 6) is -3.11. The van der Waals surface area contributed by atoms with E-state index in [-0.39, 0.29) is 54.3 Å². The Morgan fingerprint density at radius 2 is 1.94 bits per heavy atom. The molecule has 164 valence electrons. The van der Waals surface area contributed by atoms with E-state index in [9.17, 15) is 19.2 Å². The molecule has 2 heterocycles. The number of amides is 3. The highest BCUT2D eigenvalue weighted by Crippen LogP contribution is 2.31. The molecule has 31 heavy (non-hydrogen) atoms. The van der Waals surface area contributed by atoms with Crippen molar-refractivity contribution in [1.82, 2.24) is 4.90 Å². The lowest BCUT2D eigenvalue weighted by atomic mass is 10.1. The van der Waals surface area contributed by atoms with Gasteiger partial charge in [-0.1, -0.05) is 30.3 Å². The SMILES string of the molecule is CCOC(=O)c1c(C)oc(NC(=O)C2CC(=O)N(C(C)c3ccccc3)C2)c1C(N)=O. The smallest absolute Gasteiger partial charge is 0.342 e. The molecule has 3 rings (SSSR count). The number of nitrogens with one attached hydrogen (secondary N) is 1. The van der Waals surface area contributed by atoms with Gasteiger partial charge in [0.2, 0.25) is 17.7 Å². The molecule has 2 aromatic rings. The number of nitrogens with two attached hydrogens (primary N) is 1. The number of hydrogen-bond donors (Lipinski definition) is 2. The standard InChI is InChI=1S/C22H25N3O6/c1-4-30-22(29)17-13(3)31-21(18(17)19(23)27)24-20(28)15-10-16(26)25(11-15)12(2)14-8-6-5-7-9-14/h5-9,12,15H,4,10-11H2,1-3H3,(H2,23,27)(H,24,28). The van der Waals surface area contributed by atoms with Crippen LogP contribution in [0.2, 0.25) is 0 Å². The van der Waals surface area contributed by atoms with Crippen molar-refractivity contribution in [2.45, 2.75) is 33.2 Å². The summed E-state index contributed by atoms with van der Waals surface area (Å²) in [6.07, 6.45) is 0.0271. The lowest BCUT2D eigenvalue weighted by Crippen LogP contribution is -2.31. The Morgan fingerprint density at radius 3 is 2.55 bits per heavy atom. The largest absolute Gasteiger partial charge is 0.462 e. The molecule has 1 aliphatic rings. The van der Waals surface area contributed by atoms with Crippen molar-refractivity contribution in [3.8, 4) is 0 Å². The minimum atomic E-state index is -0.933. The third-order valence-corrected chi connectivity index (χ3v) is 5.33. The minimum absolute atomic E-state index is 0.0271. The van der Waals surface area contributed by atoms with Gasteiger partial charge in [-0.05, 0) is 26.3 Å². The van der Waals surface area contributed by atoms with Crippen LogP contribution >= 0.6 is 0 Å². The third kappa shape index (κ3) is 4.45. The monoisotopic (exact) mass is 427 g/mol. The minimum Gasteiger partial charge on any atom is -0.462 e. The predicted octanol–water partition coefficient (Wildman–Crippen LogP) is 2.41. The maximum atomic E-state index is 12.8. The zero-order valence-corrected chi connectivity index (χ0v) is 17.6. The van der Waals surface area contributed by atoms with E-state index < -0.39 is 23.7 Å². The number of benzene rings is 1. The Labute approximate surface area is 179 Å². The van der Waals surface area contributed by atoms with Gasteiger partial charge in [-0.15, -0.1) is 0 Å². The van der Waals surface area contributed by atoms with Crippen molar-refractivity contribution in [2.24, 2.45) is 11.7 Å². The maximum Gasteiger partial charge on any atom is 0.342 e. The summed E-state index contributed by atoms with van der Waals surface area (Å²) in [6.45, 7) is 5.32. The second-order valence-electron chi connectivity index (χ2n) is 7.35. The normalized spacial score (nSPS) is 16.8. The summed E-state index contributed by atoms with van der Waals surface area (Å²) < 4.78 is 10.4. The van der Waals surface area contributed by atoms with Crippen LogP contribution in [0, 0.1) is 12.8 Å². The second kappa shape index (κ2) is 9.03.